The summed E-state index contributed by atoms with van der Waals surface area (Å²) in [4.78, 5) is 25.9. The van der Waals surface area contributed by atoms with Crippen molar-refractivity contribution >= 4 is 17.9 Å². The van der Waals surface area contributed by atoms with Gasteiger partial charge in [0.05, 0.1) is 20.3 Å². The summed E-state index contributed by atoms with van der Waals surface area (Å²) in [7, 11) is 1.59. The molecule has 1 N–H and O–H groups in total. The van der Waals surface area contributed by atoms with Gasteiger partial charge >= 0.3 is 0 Å². The molecule has 1 fully saturated rings. The molecule has 2 rings (SSSR count). The van der Waals surface area contributed by atoms with Crippen molar-refractivity contribution in [2.75, 3.05) is 33.4 Å². The molecule has 0 saturated carbocycles. The quantitative estimate of drug-likeness (QED) is 0.825. The minimum atomic E-state index is -0.560. The second-order valence-electron chi connectivity index (χ2n) is 5.28. The molecule has 1 atom stereocenters. The zero-order chi connectivity index (χ0) is 16.7. The van der Waals surface area contributed by atoms with Gasteiger partial charge in [0.25, 0.3) is 0 Å². The number of benzene rings is 1. The number of rotatable bonds is 5. The van der Waals surface area contributed by atoms with Crippen LogP contribution in [0.1, 0.15) is 12.5 Å². The Morgan fingerprint density at radius 2 is 2.09 bits per heavy atom. The van der Waals surface area contributed by atoms with Gasteiger partial charge in [-0.15, -0.1) is 0 Å². The summed E-state index contributed by atoms with van der Waals surface area (Å²) >= 11 is 0. The summed E-state index contributed by atoms with van der Waals surface area (Å²) in [5.74, 6) is 0.335. The Balaban J connectivity index is 1.87. The smallest absolute Gasteiger partial charge is 0.245 e. The van der Waals surface area contributed by atoms with Crippen LogP contribution in [0.25, 0.3) is 6.08 Å². The molecule has 0 spiro atoms. The molecular formula is C17H22N2O4. The Kier molecular flexibility index (Phi) is 6.17. The Morgan fingerprint density at radius 1 is 1.35 bits per heavy atom. The van der Waals surface area contributed by atoms with Crippen molar-refractivity contribution in [1.82, 2.24) is 10.2 Å². The van der Waals surface area contributed by atoms with Gasteiger partial charge in [0.15, 0.2) is 0 Å². The van der Waals surface area contributed by atoms with Crippen LogP contribution in [0.5, 0.6) is 5.75 Å². The fourth-order valence-electron chi connectivity index (χ4n) is 2.30. The van der Waals surface area contributed by atoms with Crippen LogP contribution in [-0.4, -0.2) is 56.2 Å². The Morgan fingerprint density at radius 3 is 2.78 bits per heavy atom. The van der Waals surface area contributed by atoms with Crippen LogP contribution >= 0.6 is 0 Å². The van der Waals surface area contributed by atoms with Gasteiger partial charge in [-0.2, -0.15) is 0 Å². The van der Waals surface area contributed by atoms with Crippen LogP contribution in [0, 0.1) is 0 Å². The highest BCUT2D eigenvalue weighted by molar-refractivity contribution is 5.95. The fourth-order valence-corrected chi connectivity index (χ4v) is 2.30. The monoisotopic (exact) mass is 318 g/mol. The number of morpholine rings is 1. The van der Waals surface area contributed by atoms with Gasteiger partial charge in [-0.1, -0.05) is 12.1 Å². The maximum absolute atomic E-state index is 12.2. The summed E-state index contributed by atoms with van der Waals surface area (Å²) in [6.45, 7) is 3.91. The van der Waals surface area contributed by atoms with Crippen molar-refractivity contribution in [2.24, 2.45) is 0 Å². The number of carbonyl (C=O) groups is 2. The van der Waals surface area contributed by atoms with E-state index in [9.17, 15) is 9.59 Å². The van der Waals surface area contributed by atoms with Gasteiger partial charge < -0.3 is 19.7 Å². The number of nitrogens with one attached hydrogen (secondary N) is 1. The lowest BCUT2D eigenvalue weighted by atomic mass is 10.2. The van der Waals surface area contributed by atoms with Gasteiger partial charge in [0.1, 0.15) is 11.8 Å². The zero-order valence-corrected chi connectivity index (χ0v) is 13.5. The molecule has 1 aromatic rings. The number of nitrogens with zero attached hydrogens (tertiary/aromatic N) is 1. The average molecular weight is 318 g/mol. The lowest BCUT2D eigenvalue weighted by Crippen LogP contribution is -2.50. The highest BCUT2D eigenvalue weighted by Gasteiger charge is 2.22. The molecule has 1 saturated heterocycles. The second kappa shape index (κ2) is 8.33. The third-order valence-corrected chi connectivity index (χ3v) is 3.57. The van der Waals surface area contributed by atoms with Crippen molar-refractivity contribution in [3.05, 3.63) is 35.9 Å². The van der Waals surface area contributed by atoms with Crippen LogP contribution in [0.3, 0.4) is 0 Å². The maximum Gasteiger partial charge on any atom is 0.245 e. The molecule has 1 aliphatic heterocycles. The molecule has 0 bridgehead atoms. The second-order valence-corrected chi connectivity index (χ2v) is 5.28. The highest BCUT2D eigenvalue weighted by Crippen LogP contribution is 2.13. The molecule has 1 heterocycles. The molecule has 6 heteroatoms. The summed E-state index contributed by atoms with van der Waals surface area (Å²) < 4.78 is 10.3. The molecule has 124 valence electrons. The van der Waals surface area contributed by atoms with E-state index < -0.39 is 6.04 Å². The Bertz CT molecular complexity index is 580. The predicted molar refractivity (Wildman–Crippen MR) is 87.0 cm³/mol. The van der Waals surface area contributed by atoms with E-state index in [0.717, 1.165) is 11.3 Å². The molecular weight excluding hydrogens is 296 g/mol. The molecule has 1 aromatic carbocycles. The summed E-state index contributed by atoms with van der Waals surface area (Å²) in [5.41, 5.74) is 0.853. The number of amides is 2. The normalized spacial score (nSPS) is 16.2. The molecule has 0 radical (unpaired) electrons. The zero-order valence-electron chi connectivity index (χ0n) is 13.5. The molecule has 1 aliphatic rings. The largest absolute Gasteiger partial charge is 0.497 e. The predicted octanol–water partition coefficient (Wildman–Crippen LogP) is 1.07. The number of ether oxygens (including phenoxy) is 2. The van der Waals surface area contributed by atoms with Crippen LogP contribution < -0.4 is 10.1 Å². The first-order valence-corrected chi connectivity index (χ1v) is 7.59. The van der Waals surface area contributed by atoms with Crippen molar-refractivity contribution in [2.45, 2.75) is 13.0 Å². The van der Waals surface area contributed by atoms with E-state index in [4.69, 9.17) is 9.47 Å². The van der Waals surface area contributed by atoms with E-state index in [0.29, 0.717) is 26.3 Å². The van der Waals surface area contributed by atoms with E-state index in [2.05, 4.69) is 5.32 Å². The van der Waals surface area contributed by atoms with Crippen molar-refractivity contribution in [3.8, 4) is 5.75 Å². The molecule has 6 nitrogen and oxygen atoms in total. The van der Waals surface area contributed by atoms with Gasteiger partial charge in [-0.05, 0) is 30.7 Å². The van der Waals surface area contributed by atoms with E-state index >= 15 is 0 Å². The molecule has 0 aliphatic carbocycles. The molecule has 0 aromatic heterocycles. The minimum Gasteiger partial charge on any atom is -0.497 e. The van der Waals surface area contributed by atoms with Crippen LogP contribution in [-0.2, 0) is 14.3 Å². The first kappa shape index (κ1) is 17.0. The van der Waals surface area contributed by atoms with Gasteiger partial charge in [-0.25, -0.2) is 0 Å². The number of methoxy groups -OCH3 is 1. The lowest BCUT2D eigenvalue weighted by molar-refractivity contribution is -0.138. The molecule has 2 amide bonds. The first-order valence-electron chi connectivity index (χ1n) is 7.59. The third kappa shape index (κ3) is 5.10. The van der Waals surface area contributed by atoms with E-state index in [1.165, 1.54) is 6.08 Å². The highest BCUT2D eigenvalue weighted by atomic mass is 16.5. The average Bonchev–Trinajstić information content (AvgIpc) is 2.60. The SMILES string of the molecule is COc1cccc(/C=C\C(=O)N[C@H](C)C(=O)N2CCOCC2)c1. The van der Waals surface area contributed by atoms with Crippen molar-refractivity contribution in [3.63, 3.8) is 0 Å². The summed E-state index contributed by atoms with van der Waals surface area (Å²) in [6.07, 6.45) is 3.10. The van der Waals surface area contributed by atoms with Crippen molar-refractivity contribution in [1.29, 1.82) is 0 Å². The van der Waals surface area contributed by atoms with Crippen LogP contribution in [0.2, 0.25) is 0 Å². The fraction of sp³-hybridized carbons (Fsp3) is 0.412. The molecule has 0 unspecified atom stereocenters. The topological polar surface area (TPSA) is 67.9 Å². The van der Waals surface area contributed by atoms with E-state index in [1.807, 2.05) is 24.3 Å². The first-order chi connectivity index (χ1) is 11.1. The lowest BCUT2D eigenvalue weighted by Gasteiger charge is -2.29. The Labute approximate surface area is 136 Å². The number of hydrogen-bond acceptors (Lipinski definition) is 4. The van der Waals surface area contributed by atoms with Crippen molar-refractivity contribution < 1.29 is 19.1 Å². The van der Waals surface area contributed by atoms with Gasteiger partial charge in [-0.3, -0.25) is 9.59 Å². The van der Waals surface area contributed by atoms with E-state index in [1.54, 1.807) is 25.0 Å². The van der Waals surface area contributed by atoms with Crippen LogP contribution in [0.15, 0.2) is 30.3 Å². The van der Waals surface area contributed by atoms with Crippen LogP contribution in [0.4, 0.5) is 0 Å². The number of hydrogen-bond donors (Lipinski definition) is 1. The summed E-state index contributed by atoms with van der Waals surface area (Å²) in [6, 6.07) is 6.82. The minimum absolute atomic E-state index is 0.0866. The molecule has 23 heavy (non-hydrogen) atoms. The van der Waals surface area contributed by atoms with Gasteiger partial charge in [0.2, 0.25) is 11.8 Å². The third-order valence-electron chi connectivity index (χ3n) is 3.57. The van der Waals surface area contributed by atoms with E-state index in [-0.39, 0.29) is 11.8 Å². The maximum atomic E-state index is 12.2. The summed E-state index contributed by atoms with van der Waals surface area (Å²) in [5, 5.41) is 2.69. The van der Waals surface area contributed by atoms with Gasteiger partial charge in [0, 0.05) is 19.2 Å². The number of carbonyl (C=O) groups excluding carboxylic acids is 2. The Hall–Kier alpha value is -2.34. The standard InChI is InChI=1S/C17H22N2O4/c1-13(17(21)19-8-10-23-11-9-19)18-16(20)7-6-14-4-3-5-15(12-14)22-2/h3-7,12-13H,8-11H2,1-2H3,(H,18,20)/b7-6-/t13-/m1/s1.